The summed E-state index contributed by atoms with van der Waals surface area (Å²) in [6, 6.07) is 8.10. The van der Waals surface area contributed by atoms with Crippen LogP contribution in [0.4, 0.5) is 0 Å². The van der Waals surface area contributed by atoms with Crippen molar-refractivity contribution in [2.45, 2.75) is 6.92 Å². The predicted molar refractivity (Wildman–Crippen MR) is 119 cm³/mol. The molecule has 2 aromatic carbocycles. The number of ether oxygens (including phenoxy) is 4. The summed E-state index contributed by atoms with van der Waals surface area (Å²) >= 11 is 1.04. The highest BCUT2D eigenvalue weighted by Gasteiger charge is 2.16. The maximum Gasteiger partial charge on any atom is 0.308 e. The van der Waals surface area contributed by atoms with Crippen molar-refractivity contribution in [3.8, 4) is 23.0 Å². The number of carbonyl (C=O) groups excluding carboxylic acids is 1. The Morgan fingerprint density at radius 3 is 2.34 bits per heavy atom. The Morgan fingerprint density at radius 1 is 1.00 bits per heavy atom. The van der Waals surface area contributed by atoms with Crippen LogP contribution in [-0.2, 0) is 4.79 Å². The van der Waals surface area contributed by atoms with Gasteiger partial charge in [-0.15, -0.1) is 0 Å². The summed E-state index contributed by atoms with van der Waals surface area (Å²) < 4.78 is 22.3. The Bertz CT molecular complexity index is 1540. The topological polar surface area (TPSA) is 105 Å². The Kier molecular flexibility index (Phi) is 5.54. The van der Waals surface area contributed by atoms with Crippen molar-refractivity contribution in [1.29, 1.82) is 0 Å². The molecule has 9 nitrogen and oxygen atoms in total. The molecular formula is C22H18N2O7S. The van der Waals surface area contributed by atoms with E-state index in [1.165, 1.54) is 40.4 Å². The van der Waals surface area contributed by atoms with E-state index in [9.17, 15) is 14.4 Å². The first-order valence-electron chi connectivity index (χ1n) is 9.36. The summed E-state index contributed by atoms with van der Waals surface area (Å²) in [6.07, 6.45) is 1.54. The third-order valence-corrected chi connectivity index (χ3v) is 5.69. The molecule has 164 valence electrons. The van der Waals surface area contributed by atoms with Crippen LogP contribution in [0.15, 0.2) is 39.9 Å². The Hall–Kier alpha value is -3.92. The van der Waals surface area contributed by atoms with E-state index in [1.54, 1.807) is 24.3 Å². The molecule has 0 amide bonds. The molecule has 0 spiro atoms. The van der Waals surface area contributed by atoms with E-state index >= 15 is 0 Å². The largest absolute Gasteiger partial charge is 0.493 e. The van der Waals surface area contributed by atoms with Gasteiger partial charge in [0, 0.05) is 18.6 Å². The van der Waals surface area contributed by atoms with Gasteiger partial charge in [-0.25, -0.2) is 9.38 Å². The number of thiazole rings is 1. The number of rotatable bonds is 5. The lowest BCUT2D eigenvalue weighted by Gasteiger charge is -2.10. The van der Waals surface area contributed by atoms with E-state index in [2.05, 4.69) is 4.98 Å². The smallest absolute Gasteiger partial charge is 0.308 e. The van der Waals surface area contributed by atoms with Crippen molar-refractivity contribution in [1.82, 2.24) is 9.38 Å². The predicted octanol–water partition coefficient (Wildman–Crippen LogP) is 1.77. The van der Waals surface area contributed by atoms with Gasteiger partial charge in [-0.3, -0.25) is 14.4 Å². The second-order valence-electron chi connectivity index (χ2n) is 6.65. The number of benzene rings is 2. The van der Waals surface area contributed by atoms with Crippen LogP contribution in [0.25, 0.3) is 21.9 Å². The molecule has 4 aromatic rings. The van der Waals surface area contributed by atoms with Gasteiger partial charge in [-0.1, -0.05) is 23.5 Å². The molecule has 0 saturated heterocycles. The van der Waals surface area contributed by atoms with Gasteiger partial charge in [0.15, 0.2) is 23.0 Å². The molecule has 2 aromatic heterocycles. The standard InChI is InChI=1S/C22H18N2O7S/c1-11(25)31-19-12(6-5-7-15(19)28-2)8-18-21(27)24-20(26)13-9-16(29-3)17(30-4)10-14(13)23-22(24)32-18/h5-10H,1-4H3/b18-8+. The number of fused-ring (bicyclic) bond motifs is 2. The van der Waals surface area contributed by atoms with Gasteiger partial charge in [0.25, 0.3) is 11.1 Å². The highest BCUT2D eigenvalue weighted by molar-refractivity contribution is 7.15. The van der Waals surface area contributed by atoms with E-state index in [1.807, 2.05) is 0 Å². The SMILES string of the molecule is COc1cc2nc3s/c(=C/c4cccc(OC)c4OC(C)=O)c(=O)n3c(=O)c2cc1OC. The highest BCUT2D eigenvalue weighted by Crippen LogP contribution is 2.32. The van der Waals surface area contributed by atoms with Crippen molar-refractivity contribution < 1.29 is 23.7 Å². The fourth-order valence-electron chi connectivity index (χ4n) is 3.28. The molecule has 0 unspecified atom stereocenters. The summed E-state index contributed by atoms with van der Waals surface area (Å²) in [5.74, 6) is 0.761. The Morgan fingerprint density at radius 2 is 1.69 bits per heavy atom. The average molecular weight is 454 g/mol. The van der Waals surface area contributed by atoms with Crippen LogP contribution in [0, 0.1) is 0 Å². The lowest BCUT2D eigenvalue weighted by molar-refractivity contribution is -0.132. The molecule has 0 bridgehead atoms. The van der Waals surface area contributed by atoms with Crippen LogP contribution in [0.5, 0.6) is 23.0 Å². The quantitative estimate of drug-likeness (QED) is 0.332. The number of para-hydroxylation sites is 1. The van der Waals surface area contributed by atoms with Crippen molar-refractivity contribution in [3.05, 3.63) is 61.1 Å². The van der Waals surface area contributed by atoms with Crippen LogP contribution in [0.1, 0.15) is 12.5 Å². The number of hydrogen-bond donors (Lipinski definition) is 0. The molecule has 2 heterocycles. The summed E-state index contributed by atoms with van der Waals surface area (Å²) in [4.78, 5) is 42.4. The number of aromatic nitrogens is 2. The van der Waals surface area contributed by atoms with Crippen LogP contribution in [0.3, 0.4) is 0 Å². The minimum Gasteiger partial charge on any atom is -0.493 e. The molecule has 0 fully saturated rings. The Balaban J connectivity index is 2.01. The average Bonchev–Trinajstić information content (AvgIpc) is 3.08. The van der Waals surface area contributed by atoms with Gasteiger partial charge in [-0.2, -0.15) is 0 Å². The number of nitrogens with zero attached hydrogens (tertiary/aromatic N) is 2. The fourth-order valence-corrected chi connectivity index (χ4v) is 4.25. The third kappa shape index (κ3) is 3.54. The molecule has 10 heteroatoms. The van der Waals surface area contributed by atoms with Crippen LogP contribution in [-0.4, -0.2) is 36.7 Å². The molecule has 4 rings (SSSR count). The van der Waals surface area contributed by atoms with E-state index in [-0.39, 0.29) is 20.6 Å². The number of hydrogen-bond acceptors (Lipinski definition) is 9. The van der Waals surface area contributed by atoms with Crippen molar-refractivity contribution >= 4 is 39.2 Å². The van der Waals surface area contributed by atoms with Crippen LogP contribution < -0.4 is 34.6 Å². The van der Waals surface area contributed by atoms with Crippen molar-refractivity contribution in [2.24, 2.45) is 0 Å². The normalized spacial score (nSPS) is 11.7. The van der Waals surface area contributed by atoms with Gasteiger partial charge in [0.2, 0.25) is 4.96 Å². The maximum atomic E-state index is 13.1. The summed E-state index contributed by atoms with van der Waals surface area (Å²) in [5.41, 5.74) is -0.222. The first-order valence-corrected chi connectivity index (χ1v) is 10.2. The molecule has 0 N–H and O–H groups in total. The van der Waals surface area contributed by atoms with Gasteiger partial charge < -0.3 is 18.9 Å². The number of methoxy groups -OCH3 is 3. The fraction of sp³-hybridized carbons (Fsp3) is 0.182. The molecule has 0 aliphatic heterocycles. The maximum absolute atomic E-state index is 13.1. The first-order chi connectivity index (χ1) is 15.4. The molecular weight excluding hydrogens is 436 g/mol. The van der Waals surface area contributed by atoms with Gasteiger partial charge in [-0.05, 0) is 18.2 Å². The third-order valence-electron chi connectivity index (χ3n) is 4.72. The van der Waals surface area contributed by atoms with Gasteiger partial charge >= 0.3 is 5.97 Å². The summed E-state index contributed by atoms with van der Waals surface area (Å²) in [5, 5.41) is 0.226. The molecule has 0 saturated carbocycles. The second kappa shape index (κ2) is 8.31. The summed E-state index contributed by atoms with van der Waals surface area (Å²) in [6.45, 7) is 1.27. The first kappa shape index (κ1) is 21.3. The molecule has 0 atom stereocenters. The lowest BCUT2D eigenvalue weighted by Crippen LogP contribution is -2.31. The molecule has 32 heavy (non-hydrogen) atoms. The van der Waals surface area contributed by atoms with Crippen LogP contribution >= 0.6 is 11.3 Å². The van der Waals surface area contributed by atoms with E-state index in [0.717, 1.165) is 15.7 Å². The zero-order valence-corrected chi connectivity index (χ0v) is 18.4. The van der Waals surface area contributed by atoms with Gasteiger partial charge in [0.05, 0.1) is 36.8 Å². The van der Waals surface area contributed by atoms with Gasteiger partial charge in [0.1, 0.15) is 0 Å². The van der Waals surface area contributed by atoms with Crippen molar-refractivity contribution in [2.75, 3.05) is 21.3 Å². The lowest BCUT2D eigenvalue weighted by atomic mass is 10.1. The van der Waals surface area contributed by atoms with E-state index in [0.29, 0.717) is 28.3 Å². The molecule has 0 aliphatic carbocycles. The Labute approximate surface area is 185 Å². The highest BCUT2D eigenvalue weighted by atomic mass is 32.1. The van der Waals surface area contributed by atoms with E-state index in [4.69, 9.17) is 18.9 Å². The summed E-state index contributed by atoms with van der Waals surface area (Å²) in [7, 11) is 4.39. The second-order valence-corrected chi connectivity index (χ2v) is 7.66. The zero-order chi connectivity index (χ0) is 23.0. The zero-order valence-electron chi connectivity index (χ0n) is 17.6. The van der Waals surface area contributed by atoms with Crippen molar-refractivity contribution in [3.63, 3.8) is 0 Å². The molecule has 0 aliphatic rings. The van der Waals surface area contributed by atoms with E-state index < -0.39 is 17.1 Å². The minimum absolute atomic E-state index is 0.180. The van der Waals surface area contributed by atoms with Crippen LogP contribution in [0.2, 0.25) is 0 Å². The number of esters is 1. The molecule has 0 radical (unpaired) electrons. The monoisotopic (exact) mass is 454 g/mol. The minimum atomic E-state index is -0.533. The number of carbonyl (C=O) groups is 1.